The van der Waals surface area contributed by atoms with Crippen molar-refractivity contribution in [1.29, 1.82) is 0 Å². The van der Waals surface area contributed by atoms with E-state index in [9.17, 15) is 9.90 Å². The summed E-state index contributed by atoms with van der Waals surface area (Å²) in [5.74, 6) is 0.0258. The van der Waals surface area contributed by atoms with E-state index >= 15 is 0 Å². The van der Waals surface area contributed by atoms with E-state index in [1.807, 2.05) is 26.8 Å². The van der Waals surface area contributed by atoms with Crippen LogP contribution in [0, 0.1) is 0 Å². The minimum atomic E-state index is -0.456. The number of hydrogen-bond donors (Lipinski definition) is 1. The number of benzene rings is 1. The molecule has 0 atom stereocenters. The predicted octanol–water partition coefficient (Wildman–Crippen LogP) is 3.96. The molecule has 0 amide bonds. The van der Waals surface area contributed by atoms with Crippen molar-refractivity contribution in [1.82, 2.24) is 0 Å². The summed E-state index contributed by atoms with van der Waals surface area (Å²) in [6, 6.07) is 5.36. The van der Waals surface area contributed by atoms with Gasteiger partial charge in [0.2, 0.25) is 0 Å². The van der Waals surface area contributed by atoms with Gasteiger partial charge in [0.1, 0.15) is 11.4 Å². The molecule has 1 N–H and O–H groups in total. The molecule has 0 bridgehead atoms. The van der Waals surface area contributed by atoms with Crippen LogP contribution in [0.2, 0.25) is 0 Å². The Hall–Kier alpha value is -1.51. The molecule has 1 rings (SSSR count). The topological polar surface area (TPSA) is 46.5 Å². The lowest BCUT2D eigenvalue weighted by atomic mass is 9.82. The molecule has 0 aliphatic carbocycles. The van der Waals surface area contributed by atoms with Crippen LogP contribution in [0.15, 0.2) is 18.2 Å². The van der Waals surface area contributed by atoms with Crippen molar-refractivity contribution in [2.24, 2.45) is 0 Å². The van der Waals surface area contributed by atoms with Gasteiger partial charge in [0.05, 0.1) is 0 Å². The number of aryl methyl sites for hydroxylation is 1. The summed E-state index contributed by atoms with van der Waals surface area (Å²) in [5.41, 5.74) is 1.68. The summed E-state index contributed by atoms with van der Waals surface area (Å²) in [4.78, 5) is 11.8. The average molecular weight is 278 g/mol. The zero-order chi connectivity index (χ0) is 15.6. The second-order valence-corrected chi connectivity index (χ2v) is 7.18. The first kappa shape index (κ1) is 16.5. The molecule has 0 heterocycles. The zero-order valence-electron chi connectivity index (χ0n) is 13.4. The van der Waals surface area contributed by atoms with Gasteiger partial charge in [0.25, 0.3) is 0 Å². The maximum atomic E-state index is 11.8. The summed E-state index contributed by atoms with van der Waals surface area (Å²) in [6.07, 6.45) is 0.902. The van der Waals surface area contributed by atoms with E-state index in [2.05, 4.69) is 20.8 Å². The largest absolute Gasteiger partial charge is 0.508 e. The second kappa shape index (κ2) is 5.86. The van der Waals surface area contributed by atoms with Crippen LogP contribution in [0.25, 0.3) is 0 Å². The highest BCUT2D eigenvalue weighted by molar-refractivity contribution is 5.70. The second-order valence-electron chi connectivity index (χ2n) is 7.18. The first-order valence-electron chi connectivity index (χ1n) is 7.03. The smallest absolute Gasteiger partial charge is 0.306 e. The van der Waals surface area contributed by atoms with Gasteiger partial charge < -0.3 is 9.84 Å². The van der Waals surface area contributed by atoms with E-state index in [-0.39, 0.29) is 17.1 Å². The Morgan fingerprint density at radius 2 is 1.75 bits per heavy atom. The van der Waals surface area contributed by atoms with Gasteiger partial charge in [-0.25, -0.2) is 0 Å². The molecule has 3 nitrogen and oxygen atoms in total. The molecule has 3 heteroatoms. The molecular formula is C17H26O3. The summed E-state index contributed by atoms with van der Waals surface area (Å²) in [5, 5.41) is 9.64. The molecule has 0 radical (unpaired) electrons. The number of phenols is 1. The van der Waals surface area contributed by atoms with Crippen LogP contribution in [-0.2, 0) is 21.4 Å². The number of rotatable bonds is 3. The Balaban J connectivity index is 2.82. The SMILES string of the molecule is CC(C)(C)OC(=O)CCc1cc(O)ccc1C(C)(C)C. The number of aromatic hydroxyl groups is 1. The molecule has 0 spiro atoms. The van der Waals surface area contributed by atoms with Gasteiger partial charge in [-0.05, 0) is 55.9 Å². The Morgan fingerprint density at radius 1 is 1.15 bits per heavy atom. The van der Waals surface area contributed by atoms with Crippen molar-refractivity contribution in [3.8, 4) is 5.75 Å². The van der Waals surface area contributed by atoms with Crippen molar-refractivity contribution < 1.29 is 14.6 Å². The van der Waals surface area contributed by atoms with Crippen molar-refractivity contribution in [2.75, 3.05) is 0 Å². The quantitative estimate of drug-likeness (QED) is 0.851. The lowest BCUT2D eigenvalue weighted by Crippen LogP contribution is -2.24. The van der Waals surface area contributed by atoms with E-state index in [0.717, 1.165) is 11.1 Å². The van der Waals surface area contributed by atoms with Gasteiger partial charge in [0.15, 0.2) is 0 Å². The molecule has 0 aliphatic rings. The van der Waals surface area contributed by atoms with Gasteiger partial charge in [-0.1, -0.05) is 26.8 Å². The first-order chi connectivity index (χ1) is 8.99. The third-order valence-corrected chi connectivity index (χ3v) is 2.92. The van der Waals surface area contributed by atoms with Gasteiger partial charge in [-0.15, -0.1) is 0 Å². The van der Waals surface area contributed by atoms with E-state index in [4.69, 9.17) is 4.74 Å². The van der Waals surface area contributed by atoms with Crippen molar-refractivity contribution in [3.05, 3.63) is 29.3 Å². The van der Waals surface area contributed by atoms with Gasteiger partial charge >= 0.3 is 5.97 Å². The van der Waals surface area contributed by atoms with Gasteiger partial charge in [0, 0.05) is 6.42 Å². The molecule has 0 aromatic heterocycles. The minimum absolute atomic E-state index is 0.0169. The van der Waals surface area contributed by atoms with Crippen LogP contribution in [0.1, 0.15) is 59.1 Å². The minimum Gasteiger partial charge on any atom is -0.508 e. The van der Waals surface area contributed by atoms with E-state index in [1.54, 1.807) is 12.1 Å². The first-order valence-corrected chi connectivity index (χ1v) is 7.03. The number of carbonyl (C=O) groups excluding carboxylic acids is 1. The Labute approximate surface area is 122 Å². The number of ether oxygens (including phenoxy) is 1. The maximum absolute atomic E-state index is 11.8. The molecule has 0 saturated heterocycles. The highest BCUT2D eigenvalue weighted by atomic mass is 16.6. The lowest BCUT2D eigenvalue weighted by Gasteiger charge is -2.24. The molecule has 20 heavy (non-hydrogen) atoms. The van der Waals surface area contributed by atoms with Crippen LogP contribution >= 0.6 is 0 Å². The number of esters is 1. The van der Waals surface area contributed by atoms with E-state index < -0.39 is 5.60 Å². The summed E-state index contributed by atoms with van der Waals surface area (Å²) in [6.45, 7) is 11.9. The fraction of sp³-hybridized carbons (Fsp3) is 0.588. The third-order valence-electron chi connectivity index (χ3n) is 2.92. The number of phenolic OH excluding ortho intramolecular Hbond substituents is 1. The van der Waals surface area contributed by atoms with Crippen molar-refractivity contribution >= 4 is 5.97 Å². The third kappa shape index (κ3) is 5.24. The Bertz CT molecular complexity index is 476. The Kier molecular flexibility index (Phi) is 4.85. The Morgan fingerprint density at radius 3 is 2.25 bits per heavy atom. The molecule has 0 unspecified atom stereocenters. The molecule has 0 saturated carbocycles. The fourth-order valence-corrected chi connectivity index (χ4v) is 2.15. The van der Waals surface area contributed by atoms with Crippen LogP contribution < -0.4 is 0 Å². The monoisotopic (exact) mass is 278 g/mol. The maximum Gasteiger partial charge on any atom is 0.306 e. The average Bonchev–Trinajstić information content (AvgIpc) is 2.22. The van der Waals surface area contributed by atoms with Crippen LogP contribution in [0.5, 0.6) is 5.75 Å². The standard InChI is InChI=1S/C17H26O3/c1-16(2,3)14-9-8-13(18)11-12(14)7-10-15(19)20-17(4,5)6/h8-9,11,18H,7,10H2,1-6H3. The number of hydrogen-bond acceptors (Lipinski definition) is 3. The zero-order valence-corrected chi connectivity index (χ0v) is 13.4. The van der Waals surface area contributed by atoms with Crippen molar-refractivity contribution in [2.45, 2.75) is 65.4 Å². The molecule has 0 aliphatic heterocycles. The van der Waals surface area contributed by atoms with E-state index in [0.29, 0.717) is 12.8 Å². The number of carbonyl (C=O) groups is 1. The van der Waals surface area contributed by atoms with Gasteiger partial charge in [-0.2, -0.15) is 0 Å². The summed E-state index contributed by atoms with van der Waals surface area (Å²) < 4.78 is 5.31. The van der Waals surface area contributed by atoms with Crippen LogP contribution in [0.3, 0.4) is 0 Å². The van der Waals surface area contributed by atoms with Gasteiger partial charge in [-0.3, -0.25) is 4.79 Å². The summed E-state index contributed by atoms with van der Waals surface area (Å²) in [7, 11) is 0. The molecular weight excluding hydrogens is 252 g/mol. The van der Waals surface area contributed by atoms with Crippen LogP contribution in [-0.4, -0.2) is 16.7 Å². The molecule has 0 fully saturated rings. The van der Waals surface area contributed by atoms with Crippen molar-refractivity contribution in [3.63, 3.8) is 0 Å². The normalized spacial score (nSPS) is 12.3. The molecule has 1 aromatic rings. The fourth-order valence-electron chi connectivity index (χ4n) is 2.15. The van der Waals surface area contributed by atoms with E-state index in [1.165, 1.54) is 0 Å². The van der Waals surface area contributed by atoms with Crippen LogP contribution in [0.4, 0.5) is 0 Å². The predicted molar refractivity (Wildman–Crippen MR) is 81.0 cm³/mol. The summed E-state index contributed by atoms with van der Waals surface area (Å²) >= 11 is 0. The lowest BCUT2D eigenvalue weighted by molar-refractivity contribution is -0.154. The molecule has 1 aromatic carbocycles. The highest BCUT2D eigenvalue weighted by Crippen LogP contribution is 2.29. The molecule has 112 valence electrons. The highest BCUT2D eigenvalue weighted by Gasteiger charge is 2.20.